The van der Waals surface area contributed by atoms with Crippen LogP contribution in [0.2, 0.25) is 0 Å². The van der Waals surface area contributed by atoms with Crippen LogP contribution in [-0.4, -0.2) is 53.8 Å². The first-order chi connectivity index (χ1) is 17.8. The molecule has 1 aliphatic rings. The molecule has 1 N–H and O–H groups in total. The molecule has 0 aliphatic carbocycles. The van der Waals surface area contributed by atoms with Crippen molar-refractivity contribution in [2.24, 2.45) is 0 Å². The van der Waals surface area contributed by atoms with Crippen molar-refractivity contribution in [3.63, 3.8) is 0 Å². The maximum atomic E-state index is 15.1. The zero-order valence-electron chi connectivity index (χ0n) is 20.4. The number of sulfone groups is 1. The molecular formula is C27H25FN4O4S. The van der Waals surface area contributed by atoms with Gasteiger partial charge in [-0.2, -0.15) is 5.10 Å². The maximum Gasteiger partial charge on any atom is 0.254 e. The summed E-state index contributed by atoms with van der Waals surface area (Å²) in [5.41, 5.74) is 3.94. The Morgan fingerprint density at radius 2 is 1.81 bits per heavy atom. The Morgan fingerprint density at radius 1 is 1.08 bits per heavy atom. The molecule has 0 spiro atoms. The highest BCUT2D eigenvalue weighted by Gasteiger charge is 2.27. The van der Waals surface area contributed by atoms with Crippen LogP contribution >= 0.6 is 0 Å². The Balaban J connectivity index is 1.44. The third-order valence-electron chi connectivity index (χ3n) is 6.43. The first-order valence-electron chi connectivity index (χ1n) is 11.8. The standard InChI is InChI=1S/C27H25FN4O4S/c1-3-21-22(9-11-24(25(21)28)37(2,34)35)27(33)32-12-13-36-23-10-8-19(14-20(23)15-32)17-4-6-18(7-5-17)26-29-16-30-31-26/h4-11,14,16H,3,12-13,15H2,1-2H3,(H,29,30,31). The van der Waals surface area contributed by atoms with Crippen LogP contribution in [0.1, 0.15) is 28.4 Å². The predicted molar refractivity (Wildman–Crippen MR) is 136 cm³/mol. The summed E-state index contributed by atoms with van der Waals surface area (Å²) in [5.74, 6) is 0.141. The van der Waals surface area contributed by atoms with Gasteiger partial charge < -0.3 is 9.64 Å². The summed E-state index contributed by atoms with van der Waals surface area (Å²) in [5, 5.41) is 6.72. The van der Waals surface area contributed by atoms with Crippen LogP contribution < -0.4 is 4.74 Å². The maximum absolute atomic E-state index is 15.1. The molecule has 0 atom stereocenters. The van der Waals surface area contributed by atoms with Crippen LogP contribution in [0.15, 0.2) is 65.8 Å². The molecule has 37 heavy (non-hydrogen) atoms. The third kappa shape index (κ3) is 4.84. The molecule has 2 heterocycles. The first kappa shape index (κ1) is 24.6. The molecule has 0 saturated heterocycles. The van der Waals surface area contributed by atoms with Gasteiger partial charge in [-0.3, -0.25) is 9.89 Å². The van der Waals surface area contributed by atoms with Gasteiger partial charge in [0.1, 0.15) is 29.4 Å². The number of hydrogen-bond donors (Lipinski definition) is 1. The summed E-state index contributed by atoms with van der Waals surface area (Å²) < 4.78 is 44.9. The second-order valence-electron chi connectivity index (χ2n) is 8.84. The summed E-state index contributed by atoms with van der Waals surface area (Å²) in [7, 11) is -3.75. The average Bonchev–Trinajstić information content (AvgIpc) is 3.34. The molecule has 1 amide bonds. The fourth-order valence-corrected chi connectivity index (χ4v) is 5.28. The van der Waals surface area contributed by atoms with E-state index < -0.39 is 20.5 Å². The van der Waals surface area contributed by atoms with Crippen LogP contribution in [0.3, 0.4) is 0 Å². The molecule has 1 aliphatic heterocycles. The lowest BCUT2D eigenvalue weighted by atomic mass is 10.00. The largest absolute Gasteiger partial charge is 0.491 e. The summed E-state index contributed by atoms with van der Waals surface area (Å²) in [4.78, 5) is 18.9. The number of ether oxygens (including phenoxy) is 1. The minimum atomic E-state index is -3.75. The van der Waals surface area contributed by atoms with Gasteiger partial charge in [0, 0.05) is 35.1 Å². The number of nitrogens with one attached hydrogen (secondary N) is 1. The second-order valence-corrected chi connectivity index (χ2v) is 10.8. The third-order valence-corrected chi connectivity index (χ3v) is 7.54. The Hall–Kier alpha value is -4.05. The van der Waals surface area contributed by atoms with Crippen molar-refractivity contribution in [1.82, 2.24) is 20.1 Å². The number of aromatic nitrogens is 3. The van der Waals surface area contributed by atoms with Crippen LogP contribution in [0.5, 0.6) is 5.75 Å². The summed E-state index contributed by atoms with van der Waals surface area (Å²) in [6.07, 6.45) is 2.60. The lowest BCUT2D eigenvalue weighted by Crippen LogP contribution is -2.33. The fourth-order valence-electron chi connectivity index (χ4n) is 4.51. The van der Waals surface area contributed by atoms with Crippen molar-refractivity contribution in [1.29, 1.82) is 0 Å². The van der Waals surface area contributed by atoms with E-state index in [1.54, 1.807) is 11.8 Å². The molecule has 0 bridgehead atoms. The van der Waals surface area contributed by atoms with Gasteiger partial charge in [-0.1, -0.05) is 37.3 Å². The van der Waals surface area contributed by atoms with E-state index in [0.29, 0.717) is 18.1 Å². The van der Waals surface area contributed by atoms with E-state index in [1.165, 1.54) is 18.5 Å². The highest BCUT2D eigenvalue weighted by molar-refractivity contribution is 7.90. The van der Waals surface area contributed by atoms with Crippen molar-refractivity contribution in [2.45, 2.75) is 24.8 Å². The SMILES string of the molecule is CCc1c(C(=O)N2CCOc3ccc(-c4ccc(-c5ncn[nH]5)cc4)cc3C2)ccc(S(C)(=O)=O)c1F. The number of carbonyl (C=O) groups is 1. The highest BCUT2D eigenvalue weighted by atomic mass is 32.2. The lowest BCUT2D eigenvalue weighted by molar-refractivity contribution is 0.0731. The molecule has 0 saturated carbocycles. The van der Waals surface area contributed by atoms with E-state index in [-0.39, 0.29) is 36.6 Å². The zero-order valence-corrected chi connectivity index (χ0v) is 21.2. The molecule has 10 heteroatoms. The van der Waals surface area contributed by atoms with Gasteiger partial charge in [0.2, 0.25) is 0 Å². The number of rotatable bonds is 5. The van der Waals surface area contributed by atoms with Crippen molar-refractivity contribution >= 4 is 15.7 Å². The van der Waals surface area contributed by atoms with Gasteiger partial charge in [0.25, 0.3) is 5.91 Å². The average molecular weight is 521 g/mol. The molecule has 190 valence electrons. The summed E-state index contributed by atoms with van der Waals surface area (Å²) in [6.45, 7) is 2.57. The Morgan fingerprint density at radius 3 is 2.49 bits per heavy atom. The van der Waals surface area contributed by atoms with Crippen molar-refractivity contribution in [3.8, 4) is 28.3 Å². The predicted octanol–water partition coefficient (Wildman–Crippen LogP) is 4.28. The Labute approximate surface area is 214 Å². The molecule has 3 aromatic carbocycles. The van der Waals surface area contributed by atoms with Gasteiger partial charge in [-0.25, -0.2) is 17.8 Å². The van der Waals surface area contributed by atoms with Crippen LogP contribution in [-0.2, 0) is 22.8 Å². The van der Waals surface area contributed by atoms with E-state index >= 15 is 4.39 Å². The number of halogens is 1. The molecule has 5 rings (SSSR count). The number of hydrogen-bond acceptors (Lipinski definition) is 6. The smallest absolute Gasteiger partial charge is 0.254 e. The van der Waals surface area contributed by atoms with Crippen molar-refractivity contribution in [3.05, 3.63) is 83.4 Å². The normalized spacial score (nSPS) is 13.5. The molecule has 0 fully saturated rings. The number of carbonyl (C=O) groups excluding carboxylic acids is 1. The molecule has 0 radical (unpaired) electrons. The number of H-pyrrole nitrogens is 1. The first-order valence-corrected chi connectivity index (χ1v) is 13.7. The summed E-state index contributed by atoms with van der Waals surface area (Å²) >= 11 is 0. The minimum Gasteiger partial charge on any atom is -0.491 e. The molecule has 4 aromatic rings. The quantitative estimate of drug-likeness (QED) is 0.421. The minimum absolute atomic E-state index is 0.0962. The Bertz CT molecular complexity index is 1570. The molecule has 0 unspecified atom stereocenters. The van der Waals surface area contributed by atoms with Crippen LogP contribution in [0.4, 0.5) is 4.39 Å². The van der Waals surface area contributed by atoms with E-state index in [2.05, 4.69) is 15.2 Å². The number of aromatic amines is 1. The lowest BCUT2D eigenvalue weighted by Gasteiger charge is -2.22. The Kier molecular flexibility index (Phi) is 6.51. The molecule has 8 nitrogen and oxygen atoms in total. The number of fused-ring (bicyclic) bond motifs is 1. The van der Waals surface area contributed by atoms with Crippen molar-refractivity contribution < 1.29 is 22.3 Å². The van der Waals surface area contributed by atoms with E-state index in [0.717, 1.165) is 28.5 Å². The number of benzene rings is 3. The van der Waals surface area contributed by atoms with Gasteiger partial charge >= 0.3 is 0 Å². The molecule has 1 aromatic heterocycles. The van der Waals surface area contributed by atoms with Gasteiger partial charge in [0.05, 0.1) is 6.54 Å². The zero-order chi connectivity index (χ0) is 26.2. The number of amides is 1. The van der Waals surface area contributed by atoms with Crippen LogP contribution in [0, 0.1) is 5.82 Å². The monoisotopic (exact) mass is 520 g/mol. The van der Waals surface area contributed by atoms with Gasteiger partial charge in [0.15, 0.2) is 15.7 Å². The fraction of sp³-hybridized carbons (Fsp3) is 0.222. The summed E-state index contributed by atoms with van der Waals surface area (Å²) in [6, 6.07) is 16.3. The van der Waals surface area contributed by atoms with E-state index in [4.69, 9.17) is 4.74 Å². The second kappa shape index (κ2) is 9.78. The van der Waals surface area contributed by atoms with Crippen LogP contribution in [0.25, 0.3) is 22.5 Å². The molecular weight excluding hydrogens is 495 g/mol. The van der Waals surface area contributed by atoms with Crippen molar-refractivity contribution in [2.75, 3.05) is 19.4 Å². The van der Waals surface area contributed by atoms with E-state index in [9.17, 15) is 13.2 Å². The van der Waals surface area contributed by atoms with Gasteiger partial charge in [-0.05, 0) is 41.8 Å². The highest BCUT2D eigenvalue weighted by Crippen LogP contribution is 2.31. The number of nitrogens with zero attached hydrogens (tertiary/aromatic N) is 3. The topological polar surface area (TPSA) is 105 Å². The van der Waals surface area contributed by atoms with Gasteiger partial charge in [-0.15, -0.1) is 0 Å². The van der Waals surface area contributed by atoms with E-state index in [1.807, 2.05) is 42.5 Å².